The molecule has 2 aromatic heterocycles. The first-order valence-electron chi connectivity index (χ1n) is 6.49. The number of aromatic carboxylic acids is 1. The predicted molar refractivity (Wildman–Crippen MR) is 75.8 cm³/mol. The standard InChI is InChI=1S/C14H15N3O2S/c1-9-10-3-5-20-13(10)2-4-17(9)7-12-11(14(18)19)6-15-8-16-12/h3,5-6,8-9H,2,4,7H2,1H3,(H,18,19). The van der Waals surface area contributed by atoms with Crippen LogP contribution in [0.25, 0.3) is 0 Å². The van der Waals surface area contributed by atoms with E-state index in [1.54, 1.807) is 11.3 Å². The van der Waals surface area contributed by atoms with Crippen LogP contribution in [0.2, 0.25) is 0 Å². The van der Waals surface area contributed by atoms with E-state index in [0.717, 1.165) is 13.0 Å². The first-order chi connectivity index (χ1) is 9.66. The Labute approximate surface area is 120 Å². The van der Waals surface area contributed by atoms with Crippen molar-refractivity contribution in [1.82, 2.24) is 14.9 Å². The van der Waals surface area contributed by atoms with Crippen molar-refractivity contribution < 1.29 is 9.90 Å². The lowest BCUT2D eigenvalue weighted by atomic mass is 10.0. The maximum absolute atomic E-state index is 11.2. The van der Waals surface area contributed by atoms with E-state index < -0.39 is 5.97 Å². The fraction of sp³-hybridized carbons (Fsp3) is 0.357. The Balaban J connectivity index is 1.85. The summed E-state index contributed by atoms with van der Waals surface area (Å²) in [5.41, 5.74) is 2.13. The lowest BCUT2D eigenvalue weighted by Gasteiger charge is -2.33. The number of thiophene rings is 1. The minimum Gasteiger partial charge on any atom is -0.478 e. The number of carboxylic acids is 1. The van der Waals surface area contributed by atoms with Crippen molar-refractivity contribution in [3.8, 4) is 0 Å². The number of aromatic nitrogens is 2. The Bertz CT molecular complexity index is 641. The van der Waals surface area contributed by atoms with Gasteiger partial charge in [0.1, 0.15) is 11.9 Å². The zero-order valence-electron chi connectivity index (χ0n) is 11.1. The molecule has 0 fully saturated rings. The number of nitrogens with zero attached hydrogens (tertiary/aromatic N) is 3. The molecule has 0 saturated heterocycles. The molecular weight excluding hydrogens is 274 g/mol. The van der Waals surface area contributed by atoms with Gasteiger partial charge in [-0.1, -0.05) is 0 Å². The maximum atomic E-state index is 11.2. The Morgan fingerprint density at radius 3 is 3.25 bits per heavy atom. The van der Waals surface area contributed by atoms with Crippen LogP contribution in [0.4, 0.5) is 0 Å². The van der Waals surface area contributed by atoms with Gasteiger partial charge in [0.2, 0.25) is 0 Å². The van der Waals surface area contributed by atoms with Gasteiger partial charge in [-0.3, -0.25) is 4.90 Å². The van der Waals surface area contributed by atoms with Gasteiger partial charge in [-0.2, -0.15) is 0 Å². The van der Waals surface area contributed by atoms with Gasteiger partial charge in [-0.15, -0.1) is 11.3 Å². The van der Waals surface area contributed by atoms with E-state index in [1.165, 1.54) is 23.0 Å². The molecule has 20 heavy (non-hydrogen) atoms. The summed E-state index contributed by atoms with van der Waals surface area (Å²) in [5.74, 6) is -0.971. The van der Waals surface area contributed by atoms with Gasteiger partial charge < -0.3 is 5.11 Å². The average Bonchev–Trinajstić information content (AvgIpc) is 2.91. The zero-order chi connectivity index (χ0) is 14.1. The van der Waals surface area contributed by atoms with Crippen molar-refractivity contribution in [2.75, 3.05) is 6.54 Å². The molecule has 104 valence electrons. The predicted octanol–water partition coefficient (Wildman–Crippen LogP) is 2.36. The van der Waals surface area contributed by atoms with Crippen molar-refractivity contribution in [2.45, 2.75) is 25.9 Å². The van der Waals surface area contributed by atoms with E-state index in [-0.39, 0.29) is 5.56 Å². The highest BCUT2D eigenvalue weighted by Crippen LogP contribution is 2.33. The second kappa shape index (κ2) is 5.30. The highest BCUT2D eigenvalue weighted by molar-refractivity contribution is 7.10. The molecule has 2 aromatic rings. The molecule has 5 nitrogen and oxygen atoms in total. The summed E-state index contributed by atoms with van der Waals surface area (Å²) in [5, 5.41) is 11.3. The molecule has 0 radical (unpaired) electrons. The van der Waals surface area contributed by atoms with E-state index in [1.807, 2.05) is 0 Å². The number of carboxylic acid groups (broad SMARTS) is 1. The highest BCUT2D eigenvalue weighted by Gasteiger charge is 2.26. The third kappa shape index (κ3) is 2.32. The van der Waals surface area contributed by atoms with E-state index >= 15 is 0 Å². The number of rotatable bonds is 3. The van der Waals surface area contributed by atoms with Crippen molar-refractivity contribution in [3.63, 3.8) is 0 Å². The minimum atomic E-state index is -0.971. The molecule has 0 aromatic carbocycles. The molecule has 1 aliphatic rings. The molecule has 6 heteroatoms. The van der Waals surface area contributed by atoms with Gasteiger partial charge in [-0.05, 0) is 30.4 Å². The molecule has 3 heterocycles. The van der Waals surface area contributed by atoms with Crippen LogP contribution in [0, 0.1) is 0 Å². The van der Waals surface area contributed by atoms with Crippen LogP contribution in [0.1, 0.15) is 39.5 Å². The highest BCUT2D eigenvalue weighted by atomic mass is 32.1. The SMILES string of the molecule is CC1c2ccsc2CCN1Cc1ncncc1C(=O)O. The van der Waals surface area contributed by atoms with E-state index in [2.05, 4.69) is 33.2 Å². The minimum absolute atomic E-state index is 0.191. The second-order valence-corrected chi connectivity index (χ2v) is 5.88. The third-order valence-corrected chi connectivity index (χ3v) is 4.78. The average molecular weight is 289 g/mol. The summed E-state index contributed by atoms with van der Waals surface area (Å²) in [4.78, 5) is 22.9. The van der Waals surface area contributed by atoms with Crippen molar-refractivity contribution in [1.29, 1.82) is 0 Å². The molecule has 1 N–H and O–H groups in total. The van der Waals surface area contributed by atoms with Crippen LogP contribution in [0.15, 0.2) is 24.0 Å². The van der Waals surface area contributed by atoms with Gasteiger partial charge in [-0.25, -0.2) is 14.8 Å². The lowest BCUT2D eigenvalue weighted by Crippen LogP contribution is -2.33. The monoisotopic (exact) mass is 289 g/mol. The quantitative estimate of drug-likeness (QED) is 0.939. The Hall–Kier alpha value is -1.79. The Morgan fingerprint density at radius 1 is 1.60 bits per heavy atom. The van der Waals surface area contributed by atoms with E-state index in [9.17, 15) is 9.90 Å². The van der Waals surface area contributed by atoms with Crippen LogP contribution in [0.5, 0.6) is 0 Å². The molecular formula is C14H15N3O2S. The summed E-state index contributed by atoms with van der Waals surface area (Å²) in [7, 11) is 0. The molecule has 1 aliphatic heterocycles. The molecule has 0 aliphatic carbocycles. The van der Waals surface area contributed by atoms with Crippen molar-refractivity contribution in [3.05, 3.63) is 45.7 Å². The number of hydrogen-bond acceptors (Lipinski definition) is 5. The van der Waals surface area contributed by atoms with Crippen LogP contribution in [0.3, 0.4) is 0 Å². The molecule has 1 atom stereocenters. The maximum Gasteiger partial charge on any atom is 0.339 e. The van der Waals surface area contributed by atoms with Gasteiger partial charge in [0.05, 0.1) is 5.69 Å². The number of hydrogen-bond donors (Lipinski definition) is 1. The normalized spacial score (nSPS) is 18.8. The van der Waals surface area contributed by atoms with Crippen LogP contribution < -0.4 is 0 Å². The van der Waals surface area contributed by atoms with Crippen molar-refractivity contribution >= 4 is 17.3 Å². The fourth-order valence-electron chi connectivity index (χ4n) is 2.63. The topological polar surface area (TPSA) is 66.3 Å². The molecule has 0 spiro atoms. The molecule has 0 bridgehead atoms. The zero-order valence-corrected chi connectivity index (χ0v) is 11.9. The van der Waals surface area contributed by atoms with Crippen LogP contribution >= 0.6 is 11.3 Å². The van der Waals surface area contributed by atoms with Crippen LogP contribution in [-0.4, -0.2) is 32.5 Å². The first kappa shape index (κ1) is 13.2. The van der Waals surface area contributed by atoms with Crippen LogP contribution in [-0.2, 0) is 13.0 Å². The summed E-state index contributed by atoms with van der Waals surface area (Å²) in [6.07, 6.45) is 3.80. The van der Waals surface area contributed by atoms with Gasteiger partial charge in [0.25, 0.3) is 0 Å². The second-order valence-electron chi connectivity index (χ2n) is 4.88. The Morgan fingerprint density at radius 2 is 2.45 bits per heavy atom. The molecule has 0 amide bonds. The van der Waals surface area contributed by atoms with E-state index in [0.29, 0.717) is 18.3 Å². The molecule has 0 saturated carbocycles. The third-order valence-electron chi connectivity index (χ3n) is 3.78. The Kier molecular flexibility index (Phi) is 3.50. The largest absolute Gasteiger partial charge is 0.478 e. The number of fused-ring (bicyclic) bond motifs is 1. The van der Waals surface area contributed by atoms with Crippen molar-refractivity contribution in [2.24, 2.45) is 0 Å². The summed E-state index contributed by atoms with van der Waals surface area (Å²) >= 11 is 1.80. The molecule has 3 rings (SSSR count). The smallest absolute Gasteiger partial charge is 0.339 e. The van der Waals surface area contributed by atoms with E-state index in [4.69, 9.17) is 0 Å². The first-order valence-corrected chi connectivity index (χ1v) is 7.37. The summed E-state index contributed by atoms with van der Waals surface area (Å²) < 4.78 is 0. The van der Waals surface area contributed by atoms with Gasteiger partial charge >= 0.3 is 5.97 Å². The molecule has 1 unspecified atom stereocenters. The summed E-state index contributed by atoms with van der Waals surface area (Å²) in [6.45, 7) is 3.63. The lowest BCUT2D eigenvalue weighted by molar-refractivity contribution is 0.0692. The van der Waals surface area contributed by atoms with Gasteiger partial charge in [0, 0.05) is 30.2 Å². The number of carbonyl (C=O) groups is 1. The fourth-order valence-corrected chi connectivity index (χ4v) is 3.59. The van der Waals surface area contributed by atoms with Gasteiger partial charge in [0.15, 0.2) is 0 Å². The summed E-state index contributed by atoms with van der Waals surface area (Å²) in [6, 6.07) is 2.45.